The van der Waals surface area contributed by atoms with E-state index in [0.29, 0.717) is 32.7 Å². The number of hydrogen-bond acceptors (Lipinski definition) is 9. The molecule has 3 aromatic rings. The number of oxazole rings is 1. The van der Waals surface area contributed by atoms with Crippen molar-refractivity contribution < 1.29 is 27.1 Å². The number of nitrogens with two attached hydrogens (primary N) is 1. The third-order valence-corrected chi connectivity index (χ3v) is 11.0. The predicted octanol–water partition coefficient (Wildman–Crippen LogP) is 5.17. The molecule has 2 aliphatic rings. The lowest BCUT2D eigenvalue weighted by atomic mass is 9.96. The van der Waals surface area contributed by atoms with E-state index in [-0.39, 0.29) is 17.4 Å². The Labute approximate surface area is 238 Å². The highest BCUT2D eigenvalue weighted by atomic mass is 32.2. The first-order valence-electron chi connectivity index (χ1n) is 13.3. The number of para-hydroxylation sites is 1. The Morgan fingerprint density at radius 2 is 1.95 bits per heavy atom. The molecule has 0 bridgehead atoms. The number of hydrogen-bond donors (Lipinski definition) is 1. The highest BCUT2D eigenvalue weighted by Gasteiger charge is 2.47. The van der Waals surface area contributed by atoms with Gasteiger partial charge < -0.3 is 19.6 Å². The van der Waals surface area contributed by atoms with Gasteiger partial charge in [0.05, 0.1) is 41.0 Å². The largest absolute Gasteiger partial charge is 0.496 e. The number of sulfonamides is 1. The average molecular weight is 587 g/mol. The van der Waals surface area contributed by atoms with Crippen LogP contribution >= 0.6 is 11.3 Å². The summed E-state index contributed by atoms with van der Waals surface area (Å²) in [5.74, 6) is 0.166. The van der Waals surface area contributed by atoms with E-state index in [1.165, 1.54) is 44.1 Å². The second kappa shape index (κ2) is 11.0. The zero-order valence-electron chi connectivity index (χ0n) is 23.0. The van der Waals surface area contributed by atoms with Crippen LogP contribution in [0.15, 0.2) is 51.1 Å². The zero-order valence-corrected chi connectivity index (χ0v) is 24.7. The van der Waals surface area contributed by atoms with Crippen LogP contribution in [0.25, 0.3) is 10.8 Å². The van der Waals surface area contributed by atoms with Crippen molar-refractivity contribution >= 4 is 33.0 Å². The molecule has 2 N–H and O–H groups in total. The van der Waals surface area contributed by atoms with Crippen molar-refractivity contribution in [3.8, 4) is 16.5 Å². The van der Waals surface area contributed by atoms with E-state index >= 15 is 0 Å². The number of aromatic nitrogens is 1. The maximum Gasteiger partial charge on any atom is 0.281 e. The van der Waals surface area contributed by atoms with Crippen LogP contribution in [0.5, 0.6) is 5.75 Å². The molecule has 3 heterocycles. The van der Waals surface area contributed by atoms with Gasteiger partial charge >= 0.3 is 0 Å². The minimum absolute atomic E-state index is 0.0576. The lowest BCUT2D eigenvalue weighted by Gasteiger charge is -2.36. The van der Waals surface area contributed by atoms with E-state index in [2.05, 4.69) is 10.1 Å². The summed E-state index contributed by atoms with van der Waals surface area (Å²) in [5.41, 5.74) is 5.85. The zero-order chi connectivity index (χ0) is 28.7. The number of hydrazone groups is 1. The van der Waals surface area contributed by atoms with Crippen molar-refractivity contribution in [2.45, 2.75) is 81.9 Å². The number of thiophene rings is 1. The maximum absolute atomic E-state index is 14.0. The Hall–Kier alpha value is -3.22. The van der Waals surface area contributed by atoms with Crippen LogP contribution < -0.4 is 10.5 Å². The Balaban J connectivity index is 1.66. The van der Waals surface area contributed by atoms with Gasteiger partial charge in [0.25, 0.3) is 10.0 Å². The van der Waals surface area contributed by atoms with E-state index < -0.39 is 27.6 Å². The fourth-order valence-electron chi connectivity index (χ4n) is 5.26. The number of nitrogens with zero attached hydrogens (tertiary/aromatic N) is 3. The van der Waals surface area contributed by atoms with E-state index in [0.717, 1.165) is 35.7 Å². The van der Waals surface area contributed by atoms with Crippen LogP contribution in [0.2, 0.25) is 0 Å². The van der Waals surface area contributed by atoms with Crippen molar-refractivity contribution in [1.29, 1.82) is 0 Å². The highest BCUT2D eigenvalue weighted by Crippen LogP contribution is 2.46. The molecule has 0 unspecified atom stereocenters. The van der Waals surface area contributed by atoms with Gasteiger partial charge in [-0.1, -0.05) is 37.5 Å². The van der Waals surface area contributed by atoms with E-state index in [4.69, 9.17) is 19.6 Å². The molecular formula is C28H34N4O6S2. The molecule has 1 saturated carbocycles. The lowest BCUT2D eigenvalue weighted by Crippen LogP contribution is -2.54. The number of carbonyl (C=O) groups excluding carboxylic acids is 1. The molecule has 1 atom stereocenters. The molecule has 10 nitrogen and oxygen atoms in total. The van der Waals surface area contributed by atoms with Crippen molar-refractivity contribution in [1.82, 2.24) is 9.40 Å². The summed E-state index contributed by atoms with van der Waals surface area (Å²) in [4.78, 5) is 17.8. The number of fused-ring (bicyclic) bond motifs is 1. The fourth-order valence-corrected chi connectivity index (χ4v) is 8.81. The van der Waals surface area contributed by atoms with Crippen LogP contribution in [0.3, 0.4) is 0 Å². The van der Waals surface area contributed by atoms with Gasteiger partial charge in [0.2, 0.25) is 11.8 Å². The van der Waals surface area contributed by atoms with Crippen LogP contribution in [-0.4, -0.2) is 48.2 Å². The van der Waals surface area contributed by atoms with Crippen LogP contribution in [0.1, 0.15) is 74.5 Å². The SMILES string of the molecule is COc1ccccc1[C@H](CC1=NN(C(C)(C)C(N)=O)S(=O)(=O)c2c1sc(-c1ncco1)c2C)OC1CCCCC1. The van der Waals surface area contributed by atoms with Crippen LogP contribution in [0, 0.1) is 6.92 Å². The summed E-state index contributed by atoms with van der Waals surface area (Å²) in [6, 6.07) is 7.65. The molecule has 1 aromatic carbocycles. The van der Waals surface area contributed by atoms with Gasteiger partial charge in [-0.05, 0) is 45.2 Å². The molecule has 0 spiro atoms. The standard InChI is InChI=1S/C28H34N4O6S2/c1-17-23(26-30-14-15-37-26)39-24-20(31-32(28(2,3)27(29)33)40(34,35)25(17)24)16-22(38-18-10-6-5-7-11-18)19-12-8-9-13-21(19)36-4/h8-9,12-15,18,22H,5-7,10-11,16H2,1-4H3,(H2,29,33)/t22-/m0/s1. The quantitative estimate of drug-likeness (QED) is 0.365. The Morgan fingerprint density at radius 1 is 1.23 bits per heavy atom. The summed E-state index contributed by atoms with van der Waals surface area (Å²) in [7, 11) is -2.63. The molecule has 1 aliphatic carbocycles. The molecule has 1 amide bonds. The third-order valence-electron chi connectivity index (χ3n) is 7.53. The smallest absolute Gasteiger partial charge is 0.281 e. The molecule has 2 aromatic heterocycles. The number of ether oxygens (including phenoxy) is 2. The van der Waals surface area contributed by atoms with Gasteiger partial charge in [-0.3, -0.25) is 4.79 Å². The molecule has 1 aliphatic heterocycles. The van der Waals surface area contributed by atoms with Crippen molar-refractivity contribution in [3.05, 3.63) is 52.7 Å². The van der Waals surface area contributed by atoms with Crippen LogP contribution in [0.4, 0.5) is 0 Å². The second-order valence-electron chi connectivity index (χ2n) is 10.6. The Kier molecular flexibility index (Phi) is 7.77. The van der Waals surface area contributed by atoms with E-state index in [9.17, 15) is 13.2 Å². The third kappa shape index (κ3) is 5.04. The van der Waals surface area contributed by atoms with Gasteiger partial charge in [0.15, 0.2) is 0 Å². The molecule has 0 radical (unpaired) electrons. The van der Waals surface area contributed by atoms with Gasteiger partial charge in [-0.2, -0.15) is 17.9 Å². The molecule has 12 heteroatoms. The van der Waals surface area contributed by atoms with Crippen molar-refractivity contribution in [3.63, 3.8) is 0 Å². The molecule has 0 saturated heterocycles. The first-order valence-corrected chi connectivity index (χ1v) is 15.6. The summed E-state index contributed by atoms with van der Waals surface area (Å²) < 4.78 is 46.8. The maximum atomic E-state index is 14.0. The van der Waals surface area contributed by atoms with Crippen molar-refractivity contribution in [2.75, 3.05) is 7.11 Å². The lowest BCUT2D eigenvalue weighted by molar-refractivity contribution is -0.125. The fraction of sp³-hybridized carbons (Fsp3) is 0.464. The van der Waals surface area contributed by atoms with Gasteiger partial charge in [0.1, 0.15) is 22.4 Å². The summed E-state index contributed by atoms with van der Waals surface area (Å²) in [5, 5.41) is 4.62. The molecular weight excluding hydrogens is 552 g/mol. The Bertz CT molecular complexity index is 1520. The second-order valence-corrected chi connectivity index (χ2v) is 13.3. The number of benzene rings is 1. The summed E-state index contributed by atoms with van der Waals surface area (Å²) in [6.07, 6.45) is 8.05. The monoisotopic (exact) mass is 586 g/mol. The van der Waals surface area contributed by atoms with E-state index in [1.807, 2.05) is 24.3 Å². The number of amides is 1. The van der Waals surface area contributed by atoms with Gasteiger partial charge in [-0.25, -0.2) is 4.98 Å². The highest BCUT2D eigenvalue weighted by molar-refractivity contribution is 7.89. The predicted molar refractivity (Wildman–Crippen MR) is 152 cm³/mol. The molecule has 5 rings (SSSR count). The van der Waals surface area contributed by atoms with Crippen molar-refractivity contribution in [2.24, 2.45) is 10.8 Å². The minimum Gasteiger partial charge on any atom is -0.496 e. The topological polar surface area (TPSA) is 137 Å². The first kappa shape index (κ1) is 28.3. The molecule has 1 fully saturated rings. The number of primary amides is 1. The van der Waals surface area contributed by atoms with Crippen LogP contribution in [-0.2, 0) is 19.6 Å². The number of methoxy groups -OCH3 is 1. The minimum atomic E-state index is -4.24. The number of carbonyl (C=O) groups is 1. The van der Waals surface area contributed by atoms with E-state index in [1.54, 1.807) is 14.0 Å². The van der Waals surface area contributed by atoms with Gasteiger partial charge in [-0.15, -0.1) is 11.3 Å². The summed E-state index contributed by atoms with van der Waals surface area (Å²) >= 11 is 1.25. The summed E-state index contributed by atoms with van der Waals surface area (Å²) in [6.45, 7) is 4.61. The molecule has 214 valence electrons. The average Bonchev–Trinajstić information content (AvgIpc) is 3.58. The van der Waals surface area contributed by atoms with Gasteiger partial charge in [0, 0.05) is 12.0 Å². The number of rotatable bonds is 9. The molecule has 40 heavy (non-hydrogen) atoms. The first-order chi connectivity index (χ1) is 19.1. The Morgan fingerprint density at radius 3 is 2.60 bits per heavy atom. The normalized spacial score (nSPS) is 18.2.